The Kier molecular flexibility index (Phi) is 17.0. The van der Waals surface area contributed by atoms with E-state index < -0.39 is 0 Å². The third-order valence-corrected chi connectivity index (χ3v) is 9.30. The van der Waals surface area contributed by atoms with Crippen molar-refractivity contribution < 1.29 is 0 Å². The smallest absolute Gasteiger partial charge is 0.0866 e. The lowest BCUT2D eigenvalue weighted by Gasteiger charge is -2.15. The summed E-state index contributed by atoms with van der Waals surface area (Å²) in [6.45, 7) is 13.6. The summed E-state index contributed by atoms with van der Waals surface area (Å²) in [7, 11) is 0. The summed E-state index contributed by atoms with van der Waals surface area (Å²) in [5.41, 5.74) is 13.2. The van der Waals surface area contributed by atoms with Crippen LogP contribution in [-0.2, 0) is 25.7 Å². The van der Waals surface area contributed by atoms with E-state index in [4.69, 9.17) is 10.2 Å². The molecule has 0 saturated carbocycles. The van der Waals surface area contributed by atoms with Crippen LogP contribution in [0.2, 0.25) is 0 Å². The molecule has 3 aromatic rings. The minimum Gasteiger partial charge on any atom is -0.155 e. The minimum absolute atomic E-state index is 0.855. The number of aryl methyl sites for hydroxylation is 3. The van der Waals surface area contributed by atoms with E-state index in [0.717, 1.165) is 37.1 Å². The van der Waals surface area contributed by atoms with Crippen molar-refractivity contribution in [3.05, 3.63) is 93.7 Å². The molecule has 0 N–H and O–H groups in total. The first-order chi connectivity index (χ1) is 22.0. The first kappa shape index (κ1) is 36.5. The van der Waals surface area contributed by atoms with Crippen LogP contribution >= 0.6 is 0 Å². The molecular formula is C43H62N2. The van der Waals surface area contributed by atoms with Crippen LogP contribution in [0.15, 0.2) is 70.5 Å². The molecule has 0 fully saturated rings. The second-order valence-electron chi connectivity index (χ2n) is 12.9. The Morgan fingerprint density at radius 1 is 0.622 bits per heavy atom. The molecule has 0 atom stereocenters. The third kappa shape index (κ3) is 12.0. The van der Waals surface area contributed by atoms with E-state index in [0.29, 0.717) is 0 Å². The molecule has 0 unspecified atom stereocenters. The molecule has 0 aliphatic carbocycles. The van der Waals surface area contributed by atoms with Gasteiger partial charge < -0.3 is 0 Å². The average molecular weight is 607 g/mol. The maximum absolute atomic E-state index is 4.88. The van der Waals surface area contributed by atoms with Crippen LogP contribution in [-0.4, -0.2) is 0 Å². The average Bonchev–Trinajstić information content (AvgIpc) is 3.06. The van der Waals surface area contributed by atoms with Gasteiger partial charge in [0.1, 0.15) is 0 Å². The van der Waals surface area contributed by atoms with Gasteiger partial charge in [-0.25, -0.2) is 0 Å². The van der Waals surface area contributed by atoms with Crippen molar-refractivity contribution in [2.24, 2.45) is 10.2 Å². The Hall–Kier alpha value is -3.00. The lowest BCUT2D eigenvalue weighted by molar-refractivity contribution is 0.606. The Bertz CT molecular complexity index is 1330. The van der Waals surface area contributed by atoms with E-state index in [2.05, 4.69) is 102 Å². The second kappa shape index (κ2) is 20.9. The van der Waals surface area contributed by atoms with Gasteiger partial charge in [-0.1, -0.05) is 141 Å². The maximum Gasteiger partial charge on any atom is 0.0866 e. The Morgan fingerprint density at radius 3 is 1.78 bits per heavy atom. The summed E-state index contributed by atoms with van der Waals surface area (Å²) in [6.07, 6.45) is 23.4. The van der Waals surface area contributed by atoms with E-state index in [9.17, 15) is 0 Å². The third-order valence-electron chi connectivity index (χ3n) is 9.30. The first-order valence-electron chi connectivity index (χ1n) is 18.5. The Morgan fingerprint density at radius 2 is 1.20 bits per heavy atom. The highest BCUT2D eigenvalue weighted by molar-refractivity contribution is 5.72. The molecule has 0 amide bonds. The summed E-state index contributed by atoms with van der Waals surface area (Å²) in [5.74, 6) is 0. The number of allylic oxidation sites excluding steroid dienone is 1. The first-order valence-corrected chi connectivity index (χ1v) is 18.5. The summed E-state index contributed by atoms with van der Waals surface area (Å²) < 4.78 is 0. The number of hydrogen-bond donors (Lipinski definition) is 0. The molecule has 3 rings (SSSR count). The van der Waals surface area contributed by atoms with Crippen molar-refractivity contribution in [2.75, 3.05) is 0 Å². The molecule has 45 heavy (non-hydrogen) atoms. The molecule has 3 aromatic carbocycles. The molecule has 0 radical (unpaired) electrons. The quantitative estimate of drug-likeness (QED) is 0.0851. The van der Waals surface area contributed by atoms with Gasteiger partial charge in [0.25, 0.3) is 0 Å². The van der Waals surface area contributed by atoms with Crippen molar-refractivity contribution in [3.8, 4) is 11.1 Å². The molecule has 2 nitrogen and oxygen atoms in total. The van der Waals surface area contributed by atoms with E-state index in [1.807, 2.05) is 0 Å². The van der Waals surface area contributed by atoms with Crippen molar-refractivity contribution >= 4 is 11.8 Å². The standard InChI is InChI=1S/C43H62N2/c1-7-12-14-16-18-21-27-37-30-35(29-34(6)41(37)10-4)31-39(9-3)44-45-40-32-38(28-22-19-17-15-13-8-2)42(11-5)43(33-40)36-25-23-20-24-26-36/h20,23-26,29-33H,7-19,21-22,27-28H2,1-6H3. The molecule has 0 saturated heterocycles. The van der Waals surface area contributed by atoms with Crippen LogP contribution in [0.5, 0.6) is 0 Å². The highest BCUT2D eigenvalue weighted by Crippen LogP contribution is 2.33. The summed E-state index contributed by atoms with van der Waals surface area (Å²) in [6, 6.07) is 20.2. The van der Waals surface area contributed by atoms with Crippen LogP contribution in [0.1, 0.15) is 151 Å². The van der Waals surface area contributed by atoms with E-state index in [1.165, 1.54) is 128 Å². The number of rotatable bonds is 21. The SMILES string of the molecule is CCCCCCCCc1cc(C=C(CC)N=Nc2cc(CCCCCCCC)c(CC)c(-c3ccccc3)c2)cc(C)c1CC. The fourth-order valence-corrected chi connectivity index (χ4v) is 6.73. The van der Waals surface area contributed by atoms with Crippen LogP contribution < -0.4 is 0 Å². The predicted molar refractivity (Wildman–Crippen MR) is 199 cm³/mol. The summed E-state index contributed by atoms with van der Waals surface area (Å²) in [4.78, 5) is 0. The molecule has 0 heterocycles. The molecule has 0 spiro atoms. The van der Waals surface area contributed by atoms with Crippen molar-refractivity contribution in [3.63, 3.8) is 0 Å². The van der Waals surface area contributed by atoms with Crippen molar-refractivity contribution in [1.82, 2.24) is 0 Å². The van der Waals surface area contributed by atoms with Crippen molar-refractivity contribution in [1.29, 1.82) is 0 Å². The zero-order valence-corrected chi connectivity index (χ0v) is 29.7. The fraction of sp³-hybridized carbons (Fsp3) is 0.535. The normalized spacial score (nSPS) is 12.0. The van der Waals surface area contributed by atoms with Crippen LogP contribution in [0.25, 0.3) is 17.2 Å². The molecule has 0 bridgehead atoms. The maximum atomic E-state index is 4.88. The van der Waals surface area contributed by atoms with E-state index >= 15 is 0 Å². The van der Waals surface area contributed by atoms with Crippen LogP contribution in [0, 0.1) is 6.92 Å². The van der Waals surface area contributed by atoms with E-state index in [1.54, 1.807) is 0 Å². The van der Waals surface area contributed by atoms with Crippen LogP contribution in [0.3, 0.4) is 0 Å². The van der Waals surface area contributed by atoms with Gasteiger partial charge in [0.15, 0.2) is 0 Å². The van der Waals surface area contributed by atoms with Gasteiger partial charge in [-0.15, -0.1) is 0 Å². The van der Waals surface area contributed by atoms with Gasteiger partial charge in [0.2, 0.25) is 0 Å². The van der Waals surface area contributed by atoms with Gasteiger partial charge >= 0.3 is 0 Å². The Balaban J connectivity index is 1.87. The Labute approximate surface area is 276 Å². The van der Waals surface area contributed by atoms with Crippen molar-refractivity contribution in [2.45, 2.75) is 151 Å². The minimum atomic E-state index is 0.855. The lowest BCUT2D eigenvalue weighted by atomic mass is 9.90. The number of azo groups is 1. The number of benzene rings is 3. The van der Waals surface area contributed by atoms with Gasteiger partial charge in [0, 0.05) is 0 Å². The second-order valence-corrected chi connectivity index (χ2v) is 12.9. The van der Waals surface area contributed by atoms with Crippen LogP contribution in [0.4, 0.5) is 5.69 Å². The zero-order valence-electron chi connectivity index (χ0n) is 29.7. The zero-order chi connectivity index (χ0) is 32.3. The molecule has 2 heteroatoms. The number of nitrogens with zero attached hydrogens (tertiary/aromatic N) is 2. The summed E-state index contributed by atoms with van der Waals surface area (Å²) >= 11 is 0. The highest BCUT2D eigenvalue weighted by atomic mass is 15.1. The number of hydrogen-bond acceptors (Lipinski definition) is 2. The largest absolute Gasteiger partial charge is 0.155 e. The molecule has 0 aliphatic heterocycles. The van der Waals surface area contributed by atoms with Gasteiger partial charge in [0.05, 0.1) is 11.4 Å². The predicted octanol–water partition coefficient (Wildman–Crippen LogP) is 14.1. The molecular weight excluding hydrogens is 544 g/mol. The van der Waals surface area contributed by atoms with Gasteiger partial charge in [-0.2, -0.15) is 10.2 Å². The number of unbranched alkanes of at least 4 members (excludes halogenated alkanes) is 10. The lowest BCUT2D eigenvalue weighted by Crippen LogP contribution is -1.98. The molecule has 0 aromatic heterocycles. The topological polar surface area (TPSA) is 24.7 Å². The van der Waals surface area contributed by atoms with Gasteiger partial charge in [-0.3, -0.25) is 0 Å². The van der Waals surface area contributed by atoms with Gasteiger partial charge in [-0.05, 0) is 115 Å². The molecule has 244 valence electrons. The summed E-state index contributed by atoms with van der Waals surface area (Å²) in [5, 5.41) is 9.75. The molecule has 0 aliphatic rings. The highest BCUT2D eigenvalue weighted by Gasteiger charge is 2.12. The fourth-order valence-electron chi connectivity index (χ4n) is 6.73. The van der Waals surface area contributed by atoms with E-state index in [-0.39, 0.29) is 0 Å². The monoisotopic (exact) mass is 606 g/mol.